The van der Waals surface area contributed by atoms with Crippen molar-refractivity contribution in [2.45, 2.75) is 18.2 Å². The number of aliphatic hydroxyl groups excluding tert-OH is 1. The van der Waals surface area contributed by atoms with Gasteiger partial charge in [-0.2, -0.15) is 0 Å². The van der Waals surface area contributed by atoms with Gasteiger partial charge in [-0.25, -0.2) is 13.1 Å². The van der Waals surface area contributed by atoms with Gasteiger partial charge in [-0.3, -0.25) is 10.1 Å². The van der Waals surface area contributed by atoms with E-state index < -0.39 is 20.6 Å². The fourth-order valence-electron chi connectivity index (χ4n) is 1.51. The van der Waals surface area contributed by atoms with Crippen LogP contribution in [0.1, 0.15) is 13.3 Å². The normalized spacial score (nSPS) is 13.2. The summed E-state index contributed by atoms with van der Waals surface area (Å²) in [6.45, 7) is 1.83. The van der Waals surface area contributed by atoms with Crippen LogP contribution >= 0.6 is 15.9 Å². The van der Waals surface area contributed by atoms with Crippen LogP contribution in [-0.2, 0) is 10.0 Å². The summed E-state index contributed by atoms with van der Waals surface area (Å²) in [6, 6.07) is 3.73. The fourth-order valence-corrected chi connectivity index (χ4v) is 3.38. The van der Waals surface area contributed by atoms with Gasteiger partial charge in [0.05, 0.1) is 4.92 Å². The van der Waals surface area contributed by atoms with Crippen molar-refractivity contribution in [3.8, 4) is 0 Å². The van der Waals surface area contributed by atoms with E-state index in [-0.39, 0.29) is 24.0 Å². The van der Waals surface area contributed by atoms with Crippen molar-refractivity contribution in [2.24, 2.45) is 5.92 Å². The fraction of sp³-hybridized carbons (Fsp3) is 0.455. The molecule has 1 atom stereocenters. The lowest BCUT2D eigenvalue weighted by Gasteiger charge is -2.12. The van der Waals surface area contributed by atoms with Crippen LogP contribution in [-0.4, -0.2) is 31.6 Å². The number of aliphatic hydroxyl groups is 1. The molecule has 112 valence electrons. The molecule has 0 spiro atoms. The maximum atomic E-state index is 12.1. The topological polar surface area (TPSA) is 110 Å². The quantitative estimate of drug-likeness (QED) is 0.563. The highest BCUT2D eigenvalue weighted by Gasteiger charge is 2.26. The summed E-state index contributed by atoms with van der Waals surface area (Å²) in [7, 11) is -3.98. The van der Waals surface area contributed by atoms with E-state index in [1.807, 2.05) is 0 Å². The first-order valence-electron chi connectivity index (χ1n) is 5.82. The molecule has 0 fully saturated rings. The largest absolute Gasteiger partial charge is 0.396 e. The molecule has 9 heteroatoms. The summed E-state index contributed by atoms with van der Waals surface area (Å²) < 4.78 is 27.0. The Morgan fingerprint density at radius 2 is 2.15 bits per heavy atom. The first-order valence-corrected chi connectivity index (χ1v) is 8.10. The van der Waals surface area contributed by atoms with Crippen LogP contribution in [0.2, 0.25) is 0 Å². The average Bonchev–Trinajstić information content (AvgIpc) is 2.36. The molecular formula is C11H15BrN2O5S. The molecule has 0 saturated carbocycles. The van der Waals surface area contributed by atoms with Crippen LogP contribution in [0.3, 0.4) is 0 Å². The molecule has 2 N–H and O–H groups in total. The molecule has 0 bridgehead atoms. The van der Waals surface area contributed by atoms with Crippen LogP contribution in [0, 0.1) is 16.0 Å². The van der Waals surface area contributed by atoms with Gasteiger partial charge in [0.25, 0.3) is 5.69 Å². The highest BCUT2D eigenvalue weighted by atomic mass is 79.9. The molecule has 0 saturated heterocycles. The van der Waals surface area contributed by atoms with Gasteiger partial charge in [0.2, 0.25) is 10.0 Å². The Hall–Kier alpha value is -1.03. The number of nitro groups is 1. The van der Waals surface area contributed by atoms with E-state index in [0.717, 1.165) is 6.07 Å². The van der Waals surface area contributed by atoms with Crippen molar-refractivity contribution in [3.05, 3.63) is 32.8 Å². The van der Waals surface area contributed by atoms with Crippen LogP contribution < -0.4 is 4.72 Å². The van der Waals surface area contributed by atoms with Crippen LogP contribution in [0.25, 0.3) is 0 Å². The first-order chi connectivity index (χ1) is 9.27. The highest BCUT2D eigenvalue weighted by Crippen LogP contribution is 2.27. The average molecular weight is 367 g/mol. The third-order valence-corrected chi connectivity index (χ3v) is 4.60. The van der Waals surface area contributed by atoms with Crippen molar-refractivity contribution in [2.75, 3.05) is 13.2 Å². The van der Waals surface area contributed by atoms with Gasteiger partial charge in [-0.15, -0.1) is 0 Å². The zero-order valence-electron chi connectivity index (χ0n) is 10.7. The number of hydrogen-bond acceptors (Lipinski definition) is 5. The predicted octanol–water partition coefficient (Wildman–Crippen LogP) is 1.65. The molecule has 1 rings (SSSR count). The lowest BCUT2D eigenvalue weighted by atomic mass is 10.1. The van der Waals surface area contributed by atoms with Crippen molar-refractivity contribution >= 4 is 31.6 Å². The van der Waals surface area contributed by atoms with Crippen LogP contribution in [0.4, 0.5) is 5.69 Å². The third-order valence-electron chi connectivity index (χ3n) is 2.65. The second kappa shape index (κ2) is 7.11. The van der Waals surface area contributed by atoms with Crippen molar-refractivity contribution in [1.29, 1.82) is 0 Å². The Balaban J connectivity index is 3.03. The van der Waals surface area contributed by atoms with Gasteiger partial charge in [0.15, 0.2) is 4.90 Å². The van der Waals surface area contributed by atoms with Gasteiger partial charge >= 0.3 is 0 Å². The summed E-state index contributed by atoms with van der Waals surface area (Å²) in [6.07, 6.45) is 0.448. The number of nitro benzene ring substituents is 1. The second-order valence-corrected chi connectivity index (χ2v) is 6.99. The minimum Gasteiger partial charge on any atom is -0.396 e. The Morgan fingerprint density at radius 1 is 1.50 bits per heavy atom. The van der Waals surface area contributed by atoms with Gasteiger partial charge < -0.3 is 5.11 Å². The number of sulfonamides is 1. The van der Waals surface area contributed by atoms with Crippen molar-refractivity contribution in [1.82, 2.24) is 4.72 Å². The Kier molecular flexibility index (Phi) is 6.06. The Morgan fingerprint density at radius 3 is 2.70 bits per heavy atom. The van der Waals surface area contributed by atoms with E-state index in [9.17, 15) is 18.5 Å². The molecule has 0 aliphatic carbocycles. The number of benzene rings is 1. The van der Waals surface area contributed by atoms with Crippen LogP contribution in [0.15, 0.2) is 27.6 Å². The van der Waals surface area contributed by atoms with E-state index in [4.69, 9.17) is 5.11 Å². The van der Waals surface area contributed by atoms with Gasteiger partial charge in [0, 0.05) is 23.7 Å². The van der Waals surface area contributed by atoms with E-state index in [0.29, 0.717) is 10.9 Å². The number of nitrogens with zero attached hydrogens (tertiary/aromatic N) is 1. The van der Waals surface area contributed by atoms with E-state index >= 15 is 0 Å². The molecule has 0 aromatic heterocycles. The molecule has 0 aliphatic rings. The molecule has 7 nitrogen and oxygen atoms in total. The summed E-state index contributed by atoms with van der Waals surface area (Å²) in [5, 5.41) is 19.6. The molecule has 0 radical (unpaired) electrons. The lowest BCUT2D eigenvalue weighted by molar-refractivity contribution is -0.387. The first kappa shape index (κ1) is 17.0. The highest BCUT2D eigenvalue weighted by molar-refractivity contribution is 9.10. The monoisotopic (exact) mass is 366 g/mol. The van der Waals surface area contributed by atoms with Crippen LogP contribution in [0.5, 0.6) is 0 Å². The van der Waals surface area contributed by atoms with Gasteiger partial charge in [-0.05, 0) is 24.5 Å². The summed E-state index contributed by atoms with van der Waals surface area (Å²) in [5.41, 5.74) is -0.476. The molecule has 0 aliphatic heterocycles. The molecule has 0 heterocycles. The third kappa shape index (κ3) is 4.51. The summed E-state index contributed by atoms with van der Waals surface area (Å²) in [4.78, 5) is 9.77. The smallest absolute Gasteiger partial charge is 0.289 e. The summed E-state index contributed by atoms with van der Waals surface area (Å²) in [5.74, 6) is -0.0685. The van der Waals surface area contributed by atoms with E-state index in [1.165, 1.54) is 12.1 Å². The summed E-state index contributed by atoms with van der Waals surface area (Å²) >= 11 is 3.09. The number of rotatable bonds is 7. The lowest BCUT2D eigenvalue weighted by Crippen LogP contribution is -2.29. The second-order valence-electron chi connectivity index (χ2n) is 4.34. The molecule has 0 amide bonds. The zero-order valence-corrected chi connectivity index (χ0v) is 13.1. The molecule has 1 aromatic carbocycles. The maximum absolute atomic E-state index is 12.1. The van der Waals surface area contributed by atoms with Gasteiger partial charge in [0.1, 0.15) is 0 Å². The predicted molar refractivity (Wildman–Crippen MR) is 76.9 cm³/mol. The van der Waals surface area contributed by atoms with Crippen molar-refractivity contribution in [3.63, 3.8) is 0 Å². The molecule has 1 unspecified atom stereocenters. The standard InChI is InChI=1S/C11H15BrN2O5S/c1-8(4-5-15)7-13-20(18,19)11-6-9(12)2-3-10(11)14(16)17/h2-3,6,8,13,15H,4-5,7H2,1H3. The van der Waals surface area contributed by atoms with Gasteiger partial charge in [-0.1, -0.05) is 22.9 Å². The Bertz CT molecular complexity index is 590. The zero-order chi connectivity index (χ0) is 15.3. The van der Waals surface area contributed by atoms with E-state index in [2.05, 4.69) is 20.7 Å². The molecular weight excluding hydrogens is 352 g/mol. The maximum Gasteiger partial charge on any atom is 0.289 e. The number of hydrogen-bond donors (Lipinski definition) is 2. The molecule has 1 aromatic rings. The van der Waals surface area contributed by atoms with E-state index in [1.54, 1.807) is 6.92 Å². The molecule has 20 heavy (non-hydrogen) atoms. The SMILES string of the molecule is CC(CCO)CNS(=O)(=O)c1cc(Br)ccc1[N+](=O)[O-]. The minimum absolute atomic E-state index is 0.0417. The van der Waals surface area contributed by atoms with Crippen molar-refractivity contribution < 1.29 is 18.4 Å². The minimum atomic E-state index is -3.98. The Labute approximate surface area is 125 Å². The number of halogens is 1. The number of nitrogens with one attached hydrogen (secondary N) is 1.